The molecule has 1 nitrogen and oxygen atoms in total. The van der Waals surface area contributed by atoms with Gasteiger partial charge in [-0.05, 0) is 37.2 Å². The molecule has 0 spiro atoms. The molecule has 0 aliphatic heterocycles. The van der Waals surface area contributed by atoms with Crippen LogP contribution in [0.3, 0.4) is 0 Å². The summed E-state index contributed by atoms with van der Waals surface area (Å²) in [5, 5.41) is 9.83. The van der Waals surface area contributed by atoms with Gasteiger partial charge in [0.25, 0.3) is 0 Å². The summed E-state index contributed by atoms with van der Waals surface area (Å²) >= 11 is 0. The van der Waals surface area contributed by atoms with Gasteiger partial charge in [-0.1, -0.05) is 32.8 Å². The van der Waals surface area contributed by atoms with Crippen LogP contribution in [0.1, 0.15) is 52.9 Å². The van der Waals surface area contributed by atoms with Gasteiger partial charge in [0.1, 0.15) is 0 Å². The first kappa shape index (κ1) is 10.8. The number of hydrogen-bond donors (Lipinski definition) is 1. The minimum absolute atomic E-state index is 0.128. The molecule has 0 saturated carbocycles. The lowest BCUT2D eigenvalue weighted by Gasteiger charge is -2.12. The minimum Gasteiger partial charge on any atom is -0.389 e. The zero-order valence-electron chi connectivity index (χ0n) is 9.14. The van der Waals surface area contributed by atoms with Gasteiger partial charge >= 0.3 is 0 Å². The molecule has 0 bridgehead atoms. The van der Waals surface area contributed by atoms with Gasteiger partial charge in [0.2, 0.25) is 0 Å². The number of allylic oxidation sites excluding steroid dienone is 1. The zero-order valence-corrected chi connectivity index (χ0v) is 9.14. The van der Waals surface area contributed by atoms with E-state index in [2.05, 4.69) is 20.8 Å². The first-order valence-electron chi connectivity index (χ1n) is 5.64. The fraction of sp³-hybridized carbons (Fsp3) is 0.833. The highest BCUT2D eigenvalue weighted by Gasteiger charge is 2.29. The Kier molecular flexibility index (Phi) is 3.98. The van der Waals surface area contributed by atoms with E-state index in [9.17, 15) is 5.11 Å². The van der Waals surface area contributed by atoms with E-state index >= 15 is 0 Å². The van der Waals surface area contributed by atoms with Crippen LogP contribution in [-0.4, -0.2) is 11.2 Å². The van der Waals surface area contributed by atoms with E-state index in [1.807, 2.05) is 0 Å². The highest BCUT2D eigenvalue weighted by Crippen LogP contribution is 2.38. The molecule has 1 rings (SSSR count). The first-order chi connectivity index (χ1) is 6.24. The molecule has 0 radical (unpaired) electrons. The molecular weight excluding hydrogens is 160 g/mol. The van der Waals surface area contributed by atoms with Crippen molar-refractivity contribution in [3.05, 3.63) is 11.1 Å². The Morgan fingerprint density at radius 3 is 2.23 bits per heavy atom. The summed E-state index contributed by atoms with van der Waals surface area (Å²) < 4.78 is 0. The van der Waals surface area contributed by atoms with Gasteiger partial charge in [-0.3, -0.25) is 0 Å². The summed E-state index contributed by atoms with van der Waals surface area (Å²) in [7, 11) is 0. The molecule has 0 aromatic rings. The van der Waals surface area contributed by atoms with E-state index in [0.29, 0.717) is 5.92 Å². The minimum atomic E-state index is -0.128. The van der Waals surface area contributed by atoms with E-state index < -0.39 is 0 Å². The van der Waals surface area contributed by atoms with Crippen molar-refractivity contribution in [3.63, 3.8) is 0 Å². The Morgan fingerprint density at radius 1 is 1.15 bits per heavy atom. The SMILES string of the molecule is CCC[C@H]1C[C@@H](O)C(CC)=C1CC. The number of aliphatic hydroxyl groups excluding tert-OH is 1. The highest BCUT2D eigenvalue weighted by molar-refractivity contribution is 5.26. The largest absolute Gasteiger partial charge is 0.389 e. The van der Waals surface area contributed by atoms with Crippen LogP contribution in [0, 0.1) is 5.92 Å². The van der Waals surface area contributed by atoms with Crippen LogP contribution in [0.4, 0.5) is 0 Å². The normalized spacial score (nSPS) is 28.6. The second kappa shape index (κ2) is 4.80. The van der Waals surface area contributed by atoms with E-state index in [4.69, 9.17) is 0 Å². The molecule has 0 saturated heterocycles. The summed E-state index contributed by atoms with van der Waals surface area (Å²) in [5.74, 6) is 0.681. The topological polar surface area (TPSA) is 20.2 Å². The number of rotatable bonds is 4. The maximum absolute atomic E-state index is 9.83. The lowest BCUT2D eigenvalue weighted by atomic mass is 9.93. The quantitative estimate of drug-likeness (QED) is 0.661. The third kappa shape index (κ3) is 2.14. The van der Waals surface area contributed by atoms with Gasteiger partial charge in [0, 0.05) is 0 Å². The van der Waals surface area contributed by atoms with Crippen molar-refractivity contribution in [1.29, 1.82) is 0 Å². The molecule has 1 aliphatic carbocycles. The van der Waals surface area contributed by atoms with Gasteiger partial charge in [0.05, 0.1) is 6.10 Å². The predicted octanol–water partition coefficient (Wildman–Crippen LogP) is 3.28. The van der Waals surface area contributed by atoms with Crippen molar-refractivity contribution in [3.8, 4) is 0 Å². The fourth-order valence-electron chi connectivity index (χ4n) is 2.65. The van der Waals surface area contributed by atoms with Crippen molar-refractivity contribution in [2.24, 2.45) is 5.92 Å². The second-order valence-electron chi connectivity index (χ2n) is 3.99. The molecule has 0 aromatic carbocycles. The van der Waals surface area contributed by atoms with Crippen LogP contribution >= 0.6 is 0 Å². The van der Waals surface area contributed by atoms with Crippen molar-refractivity contribution in [2.45, 2.75) is 59.0 Å². The molecule has 2 atom stereocenters. The second-order valence-corrected chi connectivity index (χ2v) is 3.99. The van der Waals surface area contributed by atoms with Crippen molar-refractivity contribution in [2.75, 3.05) is 0 Å². The lowest BCUT2D eigenvalue weighted by Crippen LogP contribution is -2.05. The molecule has 1 N–H and O–H groups in total. The Labute approximate surface area is 81.9 Å². The maximum atomic E-state index is 9.83. The van der Waals surface area contributed by atoms with Crippen LogP contribution in [0.25, 0.3) is 0 Å². The standard InChI is InChI=1S/C12H22O/c1-4-7-9-8-12(13)11(6-3)10(9)5-2/h9,12-13H,4-8H2,1-3H3/t9-,12+/m0/s1. The zero-order chi connectivity index (χ0) is 9.84. The van der Waals surface area contributed by atoms with E-state index in [-0.39, 0.29) is 6.10 Å². The molecule has 76 valence electrons. The molecular formula is C12H22O. The molecule has 0 aromatic heterocycles. The lowest BCUT2D eigenvalue weighted by molar-refractivity contribution is 0.195. The first-order valence-corrected chi connectivity index (χ1v) is 5.64. The summed E-state index contributed by atoms with van der Waals surface area (Å²) in [6.45, 7) is 6.60. The van der Waals surface area contributed by atoms with Crippen LogP contribution < -0.4 is 0 Å². The average molecular weight is 182 g/mol. The molecule has 13 heavy (non-hydrogen) atoms. The summed E-state index contributed by atoms with van der Waals surface area (Å²) in [6, 6.07) is 0. The molecule has 0 amide bonds. The van der Waals surface area contributed by atoms with Gasteiger partial charge in [-0.2, -0.15) is 0 Å². The van der Waals surface area contributed by atoms with Gasteiger partial charge in [-0.15, -0.1) is 0 Å². The Morgan fingerprint density at radius 2 is 1.77 bits per heavy atom. The van der Waals surface area contributed by atoms with Crippen LogP contribution in [-0.2, 0) is 0 Å². The van der Waals surface area contributed by atoms with E-state index in [1.165, 1.54) is 18.4 Å². The monoisotopic (exact) mass is 182 g/mol. The smallest absolute Gasteiger partial charge is 0.0758 e. The maximum Gasteiger partial charge on any atom is 0.0758 e. The van der Waals surface area contributed by atoms with E-state index in [1.54, 1.807) is 5.57 Å². The summed E-state index contributed by atoms with van der Waals surface area (Å²) in [4.78, 5) is 0. The Hall–Kier alpha value is -0.300. The molecule has 0 unspecified atom stereocenters. The van der Waals surface area contributed by atoms with Gasteiger partial charge in [0.15, 0.2) is 0 Å². The third-order valence-corrected chi connectivity index (χ3v) is 3.21. The van der Waals surface area contributed by atoms with Gasteiger partial charge in [-0.25, -0.2) is 0 Å². The summed E-state index contributed by atoms with van der Waals surface area (Å²) in [6.07, 6.45) is 5.51. The fourth-order valence-corrected chi connectivity index (χ4v) is 2.65. The van der Waals surface area contributed by atoms with Crippen LogP contribution in [0.2, 0.25) is 0 Å². The highest BCUT2D eigenvalue weighted by atomic mass is 16.3. The molecule has 1 aliphatic rings. The average Bonchev–Trinajstić information content (AvgIpc) is 2.41. The number of hydrogen-bond acceptors (Lipinski definition) is 1. The third-order valence-electron chi connectivity index (χ3n) is 3.21. The van der Waals surface area contributed by atoms with Crippen LogP contribution in [0.5, 0.6) is 0 Å². The van der Waals surface area contributed by atoms with Crippen molar-refractivity contribution in [1.82, 2.24) is 0 Å². The van der Waals surface area contributed by atoms with Crippen molar-refractivity contribution >= 4 is 0 Å². The Balaban J connectivity index is 2.76. The van der Waals surface area contributed by atoms with Gasteiger partial charge < -0.3 is 5.11 Å². The van der Waals surface area contributed by atoms with Crippen molar-refractivity contribution < 1.29 is 5.11 Å². The molecule has 1 heteroatoms. The summed E-state index contributed by atoms with van der Waals surface area (Å²) in [5.41, 5.74) is 2.89. The number of aliphatic hydroxyl groups is 1. The van der Waals surface area contributed by atoms with E-state index in [0.717, 1.165) is 19.3 Å². The molecule has 0 fully saturated rings. The molecule has 0 heterocycles. The Bertz CT molecular complexity index is 193. The van der Waals surface area contributed by atoms with Crippen LogP contribution in [0.15, 0.2) is 11.1 Å². The predicted molar refractivity (Wildman–Crippen MR) is 56.6 cm³/mol.